The van der Waals surface area contributed by atoms with Crippen molar-refractivity contribution in [2.24, 2.45) is 5.14 Å². The fourth-order valence-electron chi connectivity index (χ4n) is 2.62. The molecule has 1 aromatic rings. The highest BCUT2D eigenvalue weighted by Crippen LogP contribution is 2.38. The lowest BCUT2D eigenvalue weighted by Gasteiger charge is -2.38. The molecule has 0 saturated carbocycles. The van der Waals surface area contributed by atoms with Crippen molar-refractivity contribution in [3.63, 3.8) is 0 Å². The minimum atomic E-state index is -4.73. The number of nitrogens with zero attached hydrogens (tertiary/aromatic N) is 3. The summed E-state index contributed by atoms with van der Waals surface area (Å²) in [6.45, 7) is 0.950. The number of nitrogens with two attached hydrogens (primary N) is 1. The normalized spacial score (nSPS) is 16.1. The van der Waals surface area contributed by atoms with Crippen molar-refractivity contribution >= 4 is 21.7 Å². The molecule has 0 atom stereocenters. The van der Waals surface area contributed by atoms with E-state index in [0.29, 0.717) is 6.07 Å². The molecule has 0 bridgehead atoms. The molecule has 1 heterocycles. The van der Waals surface area contributed by atoms with Gasteiger partial charge in [-0.25, -0.2) is 18.4 Å². The van der Waals surface area contributed by atoms with Crippen LogP contribution in [0.3, 0.4) is 0 Å². The molecule has 2 N–H and O–H groups in total. The number of primary sulfonamides is 1. The van der Waals surface area contributed by atoms with Crippen LogP contribution in [0.15, 0.2) is 23.1 Å². The third-order valence-electron chi connectivity index (χ3n) is 3.88. The number of sulfonamides is 1. The highest BCUT2D eigenvalue weighted by Gasteiger charge is 2.37. The maximum Gasteiger partial charge on any atom is 0.418 e. The summed E-state index contributed by atoms with van der Waals surface area (Å²) < 4.78 is 62.7. The van der Waals surface area contributed by atoms with Gasteiger partial charge in [0.1, 0.15) is 0 Å². The standard InChI is InChI=1S/C14H19F3N4O3S/c1-19(2)13(22)21-7-5-20(6-8-21)12-4-3-10(25(18,23)24)9-11(12)14(15,16)17/h3-4,9H,5-8H2,1-2H3,(H2,18,23,24). The number of benzene rings is 1. The van der Waals surface area contributed by atoms with Crippen molar-refractivity contribution < 1.29 is 26.4 Å². The van der Waals surface area contributed by atoms with Gasteiger partial charge in [-0.05, 0) is 18.2 Å². The van der Waals surface area contributed by atoms with Crippen molar-refractivity contribution in [3.8, 4) is 0 Å². The third-order valence-corrected chi connectivity index (χ3v) is 4.79. The summed E-state index contributed by atoms with van der Waals surface area (Å²) >= 11 is 0. The van der Waals surface area contributed by atoms with Crippen LogP contribution in [0, 0.1) is 0 Å². The summed E-state index contributed by atoms with van der Waals surface area (Å²) in [5.74, 6) is 0. The van der Waals surface area contributed by atoms with Crippen LogP contribution < -0.4 is 10.0 Å². The Kier molecular flexibility index (Phi) is 5.19. The maximum atomic E-state index is 13.3. The molecule has 1 aliphatic rings. The Morgan fingerprint density at radius 1 is 1.16 bits per heavy atom. The van der Waals surface area contributed by atoms with E-state index in [9.17, 15) is 26.4 Å². The lowest BCUT2D eigenvalue weighted by atomic mass is 10.1. The van der Waals surface area contributed by atoms with Crippen LogP contribution >= 0.6 is 0 Å². The van der Waals surface area contributed by atoms with E-state index in [1.807, 2.05) is 0 Å². The van der Waals surface area contributed by atoms with E-state index in [1.165, 1.54) is 9.80 Å². The second-order valence-corrected chi connectivity index (χ2v) is 7.43. The fraction of sp³-hybridized carbons (Fsp3) is 0.500. The first-order chi connectivity index (χ1) is 11.4. The molecule has 0 radical (unpaired) electrons. The number of alkyl halides is 3. The van der Waals surface area contributed by atoms with E-state index in [0.717, 1.165) is 12.1 Å². The van der Waals surface area contributed by atoms with Gasteiger partial charge in [0.25, 0.3) is 0 Å². The number of urea groups is 1. The van der Waals surface area contributed by atoms with Gasteiger partial charge in [0.2, 0.25) is 10.0 Å². The minimum Gasteiger partial charge on any atom is -0.367 e. The molecule has 25 heavy (non-hydrogen) atoms. The van der Waals surface area contributed by atoms with Crippen LogP contribution in [-0.2, 0) is 16.2 Å². The number of carbonyl (C=O) groups excluding carboxylic acids is 1. The van der Waals surface area contributed by atoms with Gasteiger partial charge >= 0.3 is 12.2 Å². The first kappa shape index (κ1) is 19.3. The van der Waals surface area contributed by atoms with Crippen molar-refractivity contribution in [1.29, 1.82) is 0 Å². The maximum absolute atomic E-state index is 13.3. The van der Waals surface area contributed by atoms with Gasteiger partial charge in [-0.3, -0.25) is 0 Å². The molecule has 11 heteroatoms. The summed E-state index contributed by atoms with van der Waals surface area (Å²) in [5.41, 5.74) is -1.19. The summed E-state index contributed by atoms with van der Waals surface area (Å²) in [6.07, 6.45) is -4.73. The quantitative estimate of drug-likeness (QED) is 0.834. The Bertz CT molecular complexity index is 757. The molecule has 140 valence electrons. The van der Waals surface area contributed by atoms with Gasteiger partial charge in [0, 0.05) is 46.0 Å². The molecule has 1 aliphatic heterocycles. The van der Waals surface area contributed by atoms with Gasteiger partial charge in [-0.1, -0.05) is 0 Å². The SMILES string of the molecule is CN(C)C(=O)N1CCN(c2ccc(S(N)(=O)=O)cc2C(F)(F)F)CC1. The zero-order valence-electron chi connectivity index (χ0n) is 13.7. The van der Waals surface area contributed by atoms with E-state index in [-0.39, 0.29) is 37.9 Å². The van der Waals surface area contributed by atoms with Crippen LogP contribution in [0.25, 0.3) is 0 Å². The summed E-state index contributed by atoms with van der Waals surface area (Å²) in [7, 11) is -1.04. The van der Waals surface area contributed by atoms with Crippen LogP contribution in [0.2, 0.25) is 0 Å². The van der Waals surface area contributed by atoms with Gasteiger partial charge in [-0.2, -0.15) is 13.2 Å². The first-order valence-electron chi connectivity index (χ1n) is 7.36. The molecule has 2 rings (SSSR count). The molecule has 0 spiro atoms. The molecule has 0 aromatic heterocycles. The number of halogens is 3. The Morgan fingerprint density at radius 2 is 1.72 bits per heavy atom. The number of carbonyl (C=O) groups is 1. The van der Waals surface area contributed by atoms with Crippen molar-refractivity contribution in [3.05, 3.63) is 23.8 Å². The van der Waals surface area contributed by atoms with Crippen molar-refractivity contribution in [1.82, 2.24) is 9.80 Å². The highest BCUT2D eigenvalue weighted by molar-refractivity contribution is 7.89. The molecular weight excluding hydrogens is 361 g/mol. The number of piperazine rings is 1. The predicted molar refractivity (Wildman–Crippen MR) is 85.7 cm³/mol. The number of hydrogen-bond donors (Lipinski definition) is 1. The van der Waals surface area contributed by atoms with Gasteiger partial charge in [-0.15, -0.1) is 0 Å². The van der Waals surface area contributed by atoms with E-state index >= 15 is 0 Å². The molecule has 0 aliphatic carbocycles. The topological polar surface area (TPSA) is 86.9 Å². The predicted octanol–water partition coefficient (Wildman–Crippen LogP) is 1.16. The van der Waals surface area contributed by atoms with Gasteiger partial charge in [0.15, 0.2) is 0 Å². The molecule has 2 amide bonds. The van der Waals surface area contributed by atoms with E-state index in [2.05, 4.69) is 0 Å². The number of rotatable bonds is 2. The van der Waals surface area contributed by atoms with E-state index < -0.39 is 26.7 Å². The highest BCUT2D eigenvalue weighted by atomic mass is 32.2. The lowest BCUT2D eigenvalue weighted by molar-refractivity contribution is -0.137. The number of anilines is 1. The molecular formula is C14H19F3N4O3S. The molecule has 0 unspecified atom stereocenters. The zero-order valence-corrected chi connectivity index (χ0v) is 14.6. The van der Waals surface area contributed by atoms with Crippen molar-refractivity contribution in [2.75, 3.05) is 45.2 Å². The fourth-order valence-corrected chi connectivity index (χ4v) is 3.16. The summed E-state index contributed by atoms with van der Waals surface area (Å²) in [4.78, 5) is 15.7. The van der Waals surface area contributed by atoms with Crippen LogP contribution in [0.1, 0.15) is 5.56 Å². The average molecular weight is 380 g/mol. The molecule has 1 fully saturated rings. The second kappa shape index (κ2) is 6.71. The molecule has 1 saturated heterocycles. The number of hydrogen-bond acceptors (Lipinski definition) is 4. The Balaban J connectivity index is 2.30. The first-order valence-corrected chi connectivity index (χ1v) is 8.91. The monoisotopic (exact) mass is 380 g/mol. The Morgan fingerprint density at radius 3 is 2.16 bits per heavy atom. The van der Waals surface area contributed by atoms with Crippen LogP contribution in [0.4, 0.5) is 23.7 Å². The van der Waals surface area contributed by atoms with E-state index in [1.54, 1.807) is 19.0 Å². The van der Waals surface area contributed by atoms with Crippen molar-refractivity contribution in [2.45, 2.75) is 11.1 Å². The van der Waals surface area contributed by atoms with Crippen LogP contribution in [-0.4, -0.2) is 64.5 Å². The van der Waals surface area contributed by atoms with Crippen LogP contribution in [0.5, 0.6) is 0 Å². The third kappa shape index (κ3) is 4.34. The molecule has 7 nitrogen and oxygen atoms in total. The summed E-state index contributed by atoms with van der Waals surface area (Å²) in [5, 5.41) is 4.92. The zero-order chi connectivity index (χ0) is 19.0. The van der Waals surface area contributed by atoms with Gasteiger partial charge in [0.05, 0.1) is 10.5 Å². The largest absolute Gasteiger partial charge is 0.418 e. The smallest absolute Gasteiger partial charge is 0.367 e. The summed E-state index contributed by atoms with van der Waals surface area (Å²) in [6, 6.07) is 2.49. The average Bonchev–Trinajstić information content (AvgIpc) is 2.52. The second-order valence-electron chi connectivity index (χ2n) is 5.87. The lowest BCUT2D eigenvalue weighted by Crippen LogP contribution is -2.51. The molecule has 1 aromatic carbocycles. The number of amides is 2. The van der Waals surface area contributed by atoms with Gasteiger partial charge < -0.3 is 14.7 Å². The van der Waals surface area contributed by atoms with E-state index in [4.69, 9.17) is 5.14 Å². The minimum absolute atomic E-state index is 0.128. The Labute approximate surface area is 143 Å². The Hall–Kier alpha value is -2.01.